The summed E-state index contributed by atoms with van der Waals surface area (Å²) in [6.45, 7) is 0. The van der Waals surface area contributed by atoms with Crippen LogP contribution in [-0.4, -0.2) is 24.5 Å². The molecule has 0 spiro atoms. The van der Waals surface area contributed by atoms with Gasteiger partial charge in [-0.3, -0.25) is 9.89 Å². The van der Waals surface area contributed by atoms with E-state index in [-0.39, 0.29) is 16.3 Å². The van der Waals surface area contributed by atoms with Gasteiger partial charge in [-0.05, 0) is 5.56 Å². The fourth-order valence-electron chi connectivity index (χ4n) is 1.58. The Balaban J connectivity index is 2.78. The number of hydrogen-bond acceptors (Lipinski definition) is 4. The van der Waals surface area contributed by atoms with E-state index in [2.05, 4.69) is 10.2 Å². The molecular weight excluding hydrogens is 256 g/mol. The fraction of sp³-hybridized carbons (Fsp3) is 0. The number of rotatable bonds is 3. The summed E-state index contributed by atoms with van der Waals surface area (Å²) in [7, 11) is -4.02. The van der Waals surface area contributed by atoms with E-state index in [0.717, 1.165) is 0 Å². The number of sulfonamides is 1. The minimum atomic E-state index is -4.02. The predicted octanol–water partition coefficient (Wildman–Crippen LogP) is -0.177. The summed E-state index contributed by atoms with van der Waals surface area (Å²) in [5.74, 6) is -0.833. The van der Waals surface area contributed by atoms with Crippen molar-refractivity contribution in [1.82, 2.24) is 10.2 Å². The molecule has 2 rings (SSSR count). The molecule has 0 radical (unpaired) electrons. The van der Waals surface area contributed by atoms with Crippen LogP contribution in [-0.2, 0) is 10.0 Å². The maximum atomic E-state index is 11.4. The lowest BCUT2D eigenvalue weighted by Crippen LogP contribution is -2.15. The predicted molar refractivity (Wildman–Crippen MR) is 63.9 cm³/mol. The molecule has 0 aliphatic rings. The first-order valence-corrected chi connectivity index (χ1v) is 6.42. The smallest absolute Gasteiger partial charge is 0.269 e. The maximum Gasteiger partial charge on any atom is 0.269 e. The zero-order valence-electron chi connectivity index (χ0n) is 9.12. The van der Waals surface area contributed by atoms with Crippen molar-refractivity contribution in [2.24, 2.45) is 10.9 Å². The molecule has 0 aliphatic heterocycles. The second-order valence-electron chi connectivity index (χ2n) is 3.55. The van der Waals surface area contributed by atoms with Crippen molar-refractivity contribution in [2.45, 2.75) is 5.03 Å². The Labute approximate surface area is 103 Å². The minimum Gasteiger partial charge on any atom is -0.364 e. The quantitative estimate of drug-likeness (QED) is 0.711. The van der Waals surface area contributed by atoms with Crippen LogP contribution in [0.1, 0.15) is 10.5 Å². The largest absolute Gasteiger partial charge is 0.364 e. The van der Waals surface area contributed by atoms with Crippen LogP contribution in [0.5, 0.6) is 0 Å². The number of primary sulfonamides is 1. The van der Waals surface area contributed by atoms with Gasteiger partial charge < -0.3 is 5.73 Å². The third-order valence-corrected chi connectivity index (χ3v) is 3.18. The van der Waals surface area contributed by atoms with E-state index in [1.807, 2.05) is 0 Å². The summed E-state index contributed by atoms with van der Waals surface area (Å²) in [6, 6.07) is 8.40. The normalized spacial score (nSPS) is 11.4. The lowest BCUT2D eigenvalue weighted by atomic mass is 10.1. The molecule has 0 saturated carbocycles. The molecule has 18 heavy (non-hydrogen) atoms. The number of nitrogens with two attached hydrogens (primary N) is 2. The van der Waals surface area contributed by atoms with Crippen LogP contribution in [0.4, 0.5) is 0 Å². The molecule has 0 aliphatic carbocycles. The highest BCUT2D eigenvalue weighted by atomic mass is 32.2. The van der Waals surface area contributed by atoms with E-state index in [1.165, 1.54) is 0 Å². The lowest BCUT2D eigenvalue weighted by Gasteiger charge is -2.02. The fourth-order valence-corrected chi connectivity index (χ4v) is 2.25. The molecule has 7 nitrogen and oxygen atoms in total. The van der Waals surface area contributed by atoms with Gasteiger partial charge in [0, 0.05) is 0 Å². The van der Waals surface area contributed by atoms with Crippen LogP contribution >= 0.6 is 0 Å². The van der Waals surface area contributed by atoms with Crippen molar-refractivity contribution in [3.8, 4) is 11.1 Å². The van der Waals surface area contributed by atoms with Gasteiger partial charge in [0.15, 0.2) is 10.7 Å². The minimum absolute atomic E-state index is 0.0885. The van der Waals surface area contributed by atoms with E-state index in [9.17, 15) is 13.2 Å². The third kappa shape index (κ3) is 2.11. The van der Waals surface area contributed by atoms with Crippen molar-refractivity contribution in [2.75, 3.05) is 0 Å². The number of H-pyrrole nitrogens is 1. The van der Waals surface area contributed by atoms with Crippen LogP contribution in [0.15, 0.2) is 35.4 Å². The number of hydrogen-bond donors (Lipinski definition) is 3. The van der Waals surface area contributed by atoms with Crippen molar-refractivity contribution < 1.29 is 13.2 Å². The highest BCUT2D eigenvalue weighted by molar-refractivity contribution is 7.89. The highest BCUT2D eigenvalue weighted by Gasteiger charge is 2.25. The number of amides is 1. The molecule has 2 aromatic rings. The topological polar surface area (TPSA) is 132 Å². The number of nitrogens with zero attached hydrogens (tertiary/aromatic N) is 1. The van der Waals surface area contributed by atoms with Gasteiger partial charge in [0.1, 0.15) is 0 Å². The van der Waals surface area contributed by atoms with Crippen LogP contribution in [0.3, 0.4) is 0 Å². The number of carbonyl (C=O) groups is 1. The van der Waals surface area contributed by atoms with Gasteiger partial charge in [-0.2, -0.15) is 5.10 Å². The average Bonchev–Trinajstić information content (AvgIpc) is 2.74. The first-order chi connectivity index (χ1) is 8.41. The summed E-state index contributed by atoms with van der Waals surface area (Å²) in [6.07, 6.45) is 0. The van der Waals surface area contributed by atoms with Crippen molar-refractivity contribution >= 4 is 15.9 Å². The molecule has 1 aromatic heterocycles. The van der Waals surface area contributed by atoms with E-state index in [0.29, 0.717) is 5.56 Å². The molecular formula is C10H10N4O3S. The Bertz CT molecular complexity index is 691. The van der Waals surface area contributed by atoms with E-state index in [4.69, 9.17) is 10.9 Å². The van der Waals surface area contributed by atoms with Crippen molar-refractivity contribution in [3.05, 3.63) is 36.0 Å². The van der Waals surface area contributed by atoms with Gasteiger partial charge in [-0.1, -0.05) is 30.3 Å². The first kappa shape index (κ1) is 12.3. The molecule has 5 N–H and O–H groups in total. The molecule has 94 valence electrons. The van der Waals surface area contributed by atoms with Crippen molar-refractivity contribution in [1.29, 1.82) is 0 Å². The second-order valence-corrected chi connectivity index (χ2v) is 5.05. The van der Waals surface area contributed by atoms with Gasteiger partial charge in [-0.25, -0.2) is 13.6 Å². The number of carbonyl (C=O) groups excluding carboxylic acids is 1. The molecule has 8 heteroatoms. The lowest BCUT2D eigenvalue weighted by molar-refractivity contribution is 0.0996. The van der Waals surface area contributed by atoms with E-state index < -0.39 is 15.9 Å². The first-order valence-electron chi connectivity index (χ1n) is 4.87. The molecule has 0 unspecified atom stereocenters. The molecule has 0 atom stereocenters. The van der Waals surface area contributed by atoms with Gasteiger partial charge in [0.25, 0.3) is 15.9 Å². The van der Waals surface area contributed by atoms with Gasteiger partial charge in [-0.15, -0.1) is 0 Å². The molecule has 1 amide bonds. The van der Waals surface area contributed by atoms with Gasteiger partial charge in [0.05, 0.1) is 5.56 Å². The van der Waals surface area contributed by atoms with E-state index in [1.54, 1.807) is 30.3 Å². The van der Waals surface area contributed by atoms with Crippen molar-refractivity contribution in [3.63, 3.8) is 0 Å². The molecule has 1 heterocycles. The molecule has 1 aromatic carbocycles. The average molecular weight is 266 g/mol. The summed E-state index contributed by atoms with van der Waals surface area (Å²) in [5, 5.41) is 10.6. The highest BCUT2D eigenvalue weighted by Crippen LogP contribution is 2.27. The molecule has 0 saturated heterocycles. The molecule has 0 bridgehead atoms. The van der Waals surface area contributed by atoms with Crippen LogP contribution in [0, 0.1) is 0 Å². The number of aromatic nitrogens is 2. The Morgan fingerprint density at radius 2 is 1.83 bits per heavy atom. The molecule has 0 fully saturated rings. The summed E-state index contributed by atoms with van der Waals surface area (Å²) in [5.41, 5.74) is 5.57. The zero-order valence-corrected chi connectivity index (χ0v) is 9.94. The third-order valence-electron chi connectivity index (χ3n) is 2.31. The number of primary amides is 1. The Morgan fingerprint density at radius 3 is 2.33 bits per heavy atom. The van der Waals surface area contributed by atoms with Gasteiger partial charge >= 0.3 is 0 Å². The van der Waals surface area contributed by atoms with E-state index >= 15 is 0 Å². The Hall–Kier alpha value is -2.19. The summed E-state index contributed by atoms with van der Waals surface area (Å²) < 4.78 is 22.8. The second kappa shape index (κ2) is 4.24. The number of nitrogens with one attached hydrogen (secondary N) is 1. The van der Waals surface area contributed by atoms with Gasteiger partial charge in [0.2, 0.25) is 0 Å². The Morgan fingerprint density at radius 1 is 1.22 bits per heavy atom. The monoisotopic (exact) mass is 266 g/mol. The van der Waals surface area contributed by atoms with Crippen LogP contribution < -0.4 is 10.9 Å². The summed E-state index contributed by atoms with van der Waals surface area (Å²) >= 11 is 0. The SMILES string of the molecule is NC(=O)c1n[nH]c(S(N)(=O)=O)c1-c1ccccc1. The zero-order chi connectivity index (χ0) is 13.3. The standard InChI is InChI=1S/C10H10N4O3S/c11-9(15)8-7(6-4-2-1-3-5-6)10(14-13-8)18(12,16)17/h1-5H,(H2,11,15)(H,13,14)(H2,12,16,17). The van der Waals surface area contributed by atoms with Crippen LogP contribution in [0.25, 0.3) is 11.1 Å². The Kier molecular flexibility index (Phi) is 2.89. The number of aromatic amines is 1. The summed E-state index contributed by atoms with van der Waals surface area (Å²) in [4.78, 5) is 11.2. The number of benzene rings is 1. The maximum absolute atomic E-state index is 11.4. The van der Waals surface area contributed by atoms with Crippen LogP contribution in [0.2, 0.25) is 0 Å².